The summed E-state index contributed by atoms with van der Waals surface area (Å²) < 4.78 is 0. The van der Waals surface area contributed by atoms with E-state index in [0.29, 0.717) is 0 Å². The maximum absolute atomic E-state index is 3.96. The molecule has 0 amide bonds. The molecular formula is C12H16N. The average molecular weight is 174 g/mol. The summed E-state index contributed by atoms with van der Waals surface area (Å²) in [5.74, 6) is 0.728. The van der Waals surface area contributed by atoms with Gasteiger partial charge in [-0.1, -0.05) is 24.3 Å². The summed E-state index contributed by atoms with van der Waals surface area (Å²) >= 11 is 0. The monoisotopic (exact) mass is 174 g/mol. The van der Waals surface area contributed by atoms with Crippen LogP contribution in [0.4, 0.5) is 0 Å². The molecule has 13 heavy (non-hydrogen) atoms. The topological polar surface area (TPSA) is 3.24 Å². The highest BCUT2D eigenvalue weighted by molar-refractivity contribution is 5.28. The molecular weight excluding hydrogens is 158 g/mol. The molecule has 2 rings (SSSR count). The minimum absolute atomic E-state index is 0.728. The summed E-state index contributed by atoms with van der Waals surface area (Å²) in [6.45, 7) is 6.38. The highest BCUT2D eigenvalue weighted by Gasteiger charge is 2.20. The molecule has 0 spiro atoms. The standard InChI is InChI=1S/C12H16N/c1-10-4-3-5-11(8-10)12-6-7-13(2)9-12/h3-5,8,12H,1,6-7,9H2,2H3. The number of hydrogen-bond acceptors (Lipinski definition) is 1. The van der Waals surface area contributed by atoms with Crippen molar-refractivity contribution >= 4 is 0 Å². The summed E-state index contributed by atoms with van der Waals surface area (Å²) in [6, 6.07) is 8.60. The molecule has 0 N–H and O–H groups in total. The highest BCUT2D eigenvalue weighted by Crippen LogP contribution is 2.26. The van der Waals surface area contributed by atoms with E-state index in [1.807, 2.05) is 0 Å². The van der Waals surface area contributed by atoms with E-state index in [0.717, 1.165) is 11.5 Å². The van der Waals surface area contributed by atoms with Crippen LogP contribution in [0.5, 0.6) is 0 Å². The number of likely N-dealkylation sites (N-methyl/N-ethyl adjacent to an activating group) is 1. The molecule has 1 aliphatic rings. The lowest BCUT2D eigenvalue weighted by molar-refractivity contribution is 0.411. The quantitative estimate of drug-likeness (QED) is 0.631. The second kappa shape index (κ2) is 3.51. The minimum Gasteiger partial charge on any atom is -0.306 e. The first-order chi connectivity index (χ1) is 6.25. The van der Waals surface area contributed by atoms with Gasteiger partial charge in [0.1, 0.15) is 0 Å². The molecule has 1 heteroatoms. The molecule has 1 atom stereocenters. The zero-order valence-electron chi connectivity index (χ0n) is 8.16. The summed E-state index contributed by atoms with van der Waals surface area (Å²) in [4.78, 5) is 2.39. The van der Waals surface area contributed by atoms with E-state index in [1.165, 1.54) is 25.1 Å². The van der Waals surface area contributed by atoms with Crippen molar-refractivity contribution in [2.24, 2.45) is 0 Å². The zero-order valence-corrected chi connectivity index (χ0v) is 8.16. The van der Waals surface area contributed by atoms with E-state index in [4.69, 9.17) is 0 Å². The summed E-state index contributed by atoms with van der Waals surface area (Å²) in [5.41, 5.74) is 2.59. The van der Waals surface area contributed by atoms with Crippen molar-refractivity contribution in [2.45, 2.75) is 12.3 Å². The van der Waals surface area contributed by atoms with E-state index in [9.17, 15) is 0 Å². The van der Waals surface area contributed by atoms with Gasteiger partial charge in [-0.15, -0.1) is 0 Å². The van der Waals surface area contributed by atoms with Crippen molar-refractivity contribution < 1.29 is 0 Å². The van der Waals surface area contributed by atoms with Crippen molar-refractivity contribution in [1.29, 1.82) is 0 Å². The fourth-order valence-corrected chi connectivity index (χ4v) is 2.05. The van der Waals surface area contributed by atoms with Gasteiger partial charge >= 0.3 is 0 Å². The lowest BCUT2D eigenvalue weighted by Crippen LogP contribution is -2.13. The van der Waals surface area contributed by atoms with Gasteiger partial charge in [-0.3, -0.25) is 0 Å². The van der Waals surface area contributed by atoms with Crippen LogP contribution in [0, 0.1) is 6.92 Å². The first kappa shape index (κ1) is 8.76. The van der Waals surface area contributed by atoms with Gasteiger partial charge < -0.3 is 4.90 Å². The average Bonchev–Trinajstić information content (AvgIpc) is 2.52. The van der Waals surface area contributed by atoms with Crippen LogP contribution >= 0.6 is 0 Å². The summed E-state index contributed by atoms with van der Waals surface area (Å²) in [7, 11) is 2.19. The number of rotatable bonds is 1. The molecule has 0 bridgehead atoms. The Morgan fingerprint density at radius 1 is 1.46 bits per heavy atom. The lowest BCUT2D eigenvalue weighted by Gasteiger charge is -2.11. The summed E-state index contributed by atoms with van der Waals surface area (Å²) in [5, 5.41) is 0. The molecule has 1 unspecified atom stereocenters. The van der Waals surface area contributed by atoms with Crippen LogP contribution < -0.4 is 0 Å². The van der Waals surface area contributed by atoms with Crippen molar-refractivity contribution in [3.8, 4) is 0 Å². The molecule has 1 fully saturated rings. The molecule has 0 aliphatic carbocycles. The Kier molecular flexibility index (Phi) is 2.36. The lowest BCUT2D eigenvalue weighted by atomic mass is 9.97. The number of likely N-dealkylation sites (tertiary alicyclic amines) is 1. The van der Waals surface area contributed by atoms with Crippen molar-refractivity contribution in [3.05, 3.63) is 42.3 Å². The fourth-order valence-electron chi connectivity index (χ4n) is 2.05. The third-order valence-corrected chi connectivity index (χ3v) is 2.81. The second-order valence-corrected chi connectivity index (χ2v) is 3.99. The van der Waals surface area contributed by atoms with Gasteiger partial charge in [-0.05, 0) is 44.0 Å². The third kappa shape index (κ3) is 1.92. The van der Waals surface area contributed by atoms with Gasteiger partial charge in [0, 0.05) is 6.54 Å². The fraction of sp³-hybridized carbons (Fsp3) is 0.417. The van der Waals surface area contributed by atoms with Crippen molar-refractivity contribution in [2.75, 3.05) is 20.1 Å². The van der Waals surface area contributed by atoms with Crippen molar-refractivity contribution in [3.63, 3.8) is 0 Å². The van der Waals surface area contributed by atoms with Crippen LogP contribution in [0.1, 0.15) is 23.5 Å². The number of benzene rings is 1. The predicted octanol–water partition coefficient (Wildman–Crippen LogP) is 2.29. The van der Waals surface area contributed by atoms with Crippen LogP contribution in [-0.4, -0.2) is 25.0 Å². The second-order valence-electron chi connectivity index (χ2n) is 3.99. The Bertz CT molecular complexity index is 293. The molecule has 1 saturated heterocycles. The van der Waals surface area contributed by atoms with Crippen LogP contribution in [-0.2, 0) is 0 Å². The van der Waals surface area contributed by atoms with Crippen LogP contribution in [0.15, 0.2) is 24.3 Å². The van der Waals surface area contributed by atoms with Crippen LogP contribution in [0.3, 0.4) is 0 Å². The van der Waals surface area contributed by atoms with Gasteiger partial charge in [0.05, 0.1) is 0 Å². The molecule has 0 saturated carbocycles. The Balaban J connectivity index is 2.16. The first-order valence-electron chi connectivity index (χ1n) is 4.86. The van der Waals surface area contributed by atoms with E-state index in [1.54, 1.807) is 0 Å². The van der Waals surface area contributed by atoms with Gasteiger partial charge in [-0.25, -0.2) is 0 Å². The molecule has 1 aliphatic heterocycles. The molecule has 1 aromatic rings. The highest BCUT2D eigenvalue weighted by atomic mass is 15.1. The molecule has 1 heterocycles. The van der Waals surface area contributed by atoms with E-state index < -0.39 is 0 Å². The Labute approximate surface area is 80.4 Å². The van der Waals surface area contributed by atoms with Gasteiger partial charge in [-0.2, -0.15) is 0 Å². The normalized spacial score (nSPS) is 23.7. The number of nitrogens with zero attached hydrogens (tertiary/aromatic N) is 1. The maximum atomic E-state index is 3.96. The van der Waals surface area contributed by atoms with E-state index in [-0.39, 0.29) is 0 Å². The predicted molar refractivity (Wildman–Crippen MR) is 55.8 cm³/mol. The molecule has 69 valence electrons. The van der Waals surface area contributed by atoms with E-state index >= 15 is 0 Å². The SMILES string of the molecule is [CH2]c1cccc(C2CCN(C)C2)c1. The smallest absolute Gasteiger partial charge is 0.00477 e. The van der Waals surface area contributed by atoms with E-state index in [2.05, 4.69) is 43.1 Å². The molecule has 1 radical (unpaired) electrons. The van der Waals surface area contributed by atoms with Gasteiger partial charge in [0.2, 0.25) is 0 Å². The minimum atomic E-state index is 0.728. The van der Waals surface area contributed by atoms with Gasteiger partial charge in [0.25, 0.3) is 0 Å². The molecule has 1 nitrogen and oxygen atoms in total. The molecule has 1 aromatic carbocycles. The van der Waals surface area contributed by atoms with Crippen LogP contribution in [0.2, 0.25) is 0 Å². The number of hydrogen-bond donors (Lipinski definition) is 0. The molecule has 0 aromatic heterocycles. The Hall–Kier alpha value is -0.820. The Morgan fingerprint density at radius 2 is 2.31 bits per heavy atom. The third-order valence-electron chi connectivity index (χ3n) is 2.81. The first-order valence-corrected chi connectivity index (χ1v) is 4.86. The Morgan fingerprint density at radius 3 is 2.92 bits per heavy atom. The van der Waals surface area contributed by atoms with Crippen LogP contribution in [0.25, 0.3) is 0 Å². The summed E-state index contributed by atoms with van der Waals surface area (Å²) in [6.07, 6.45) is 1.29. The maximum Gasteiger partial charge on any atom is 0.00477 e. The largest absolute Gasteiger partial charge is 0.306 e. The zero-order chi connectivity index (χ0) is 9.26. The van der Waals surface area contributed by atoms with Crippen molar-refractivity contribution in [1.82, 2.24) is 4.90 Å². The van der Waals surface area contributed by atoms with Gasteiger partial charge in [0.15, 0.2) is 0 Å².